The van der Waals surface area contributed by atoms with Crippen LogP contribution < -0.4 is 4.74 Å². The average molecular weight is 217 g/mol. The van der Waals surface area contributed by atoms with Crippen molar-refractivity contribution in [1.82, 2.24) is 0 Å². The van der Waals surface area contributed by atoms with Gasteiger partial charge in [0.25, 0.3) is 0 Å². The number of ether oxygens (including phenoxy) is 1. The summed E-state index contributed by atoms with van der Waals surface area (Å²) in [5, 5.41) is 10.2. The Morgan fingerprint density at radius 3 is 2.64 bits per heavy atom. The molecule has 0 spiro atoms. The second kappa shape index (κ2) is 3.11. The van der Waals surface area contributed by atoms with Gasteiger partial charge in [-0.25, -0.2) is 4.39 Å². The molecule has 0 radical (unpaired) electrons. The maximum atomic E-state index is 13.5. The van der Waals surface area contributed by atoms with E-state index in [-0.39, 0.29) is 11.3 Å². The van der Waals surface area contributed by atoms with Gasteiger partial charge in [-0.2, -0.15) is 0 Å². The molecule has 4 heteroatoms. The molecule has 0 saturated heterocycles. The number of halogens is 2. The summed E-state index contributed by atoms with van der Waals surface area (Å²) in [5.74, 6) is -0.224. The molecular weight excluding hydrogens is 207 g/mol. The fourth-order valence-electron chi connectivity index (χ4n) is 1.53. The van der Waals surface area contributed by atoms with Crippen LogP contribution in [0.4, 0.5) is 4.39 Å². The van der Waals surface area contributed by atoms with Crippen LogP contribution in [0.3, 0.4) is 0 Å². The number of hydrogen-bond acceptors (Lipinski definition) is 2. The van der Waals surface area contributed by atoms with Gasteiger partial charge in [-0.15, -0.1) is 0 Å². The van der Waals surface area contributed by atoms with E-state index in [2.05, 4.69) is 0 Å². The van der Waals surface area contributed by atoms with Crippen molar-refractivity contribution in [1.29, 1.82) is 0 Å². The second-order valence-electron chi connectivity index (χ2n) is 3.47. The van der Waals surface area contributed by atoms with Crippen molar-refractivity contribution in [3.05, 3.63) is 28.5 Å². The molecule has 0 amide bonds. The molecule has 2 rings (SSSR count). The van der Waals surface area contributed by atoms with E-state index in [0.717, 1.165) is 0 Å². The minimum absolute atomic E-state index is 0.188. The molecule has 1 fully saturated rings. The Kier molecular flexibility index (Phi) is 2.16. The fourth-order valence-corrected chi connectivity index (χ4v) is 1.77. The van der Waals surface area contributed by atoms with Crippen LogP contribution in [0.2, 0.25) is 5.02 Å². The summed E-state index contributed by atoms with van der Waals surface area (Å²) in [6.07, 6.45) is 1.11. The summed E-state index contributed by atoms with van der Waals surface area (Å²) < 4.78 is 18.4. The van der Waals surface area contributed by atoms with Gasteiger partial charge in [0.15, 0.2) is 0 Å². The zero-order valence-corrected chi connectivity index (χ0v) is 8.44. The molecular formula is C10H10ClFO2. The molecule has 1 aliphatic carbocycles. The van der Waals surface area contributed by atoms with Gasteiger partial charge in [0, 0.05) is 0 Å². The standard InChI is InChI=1S/C10H10ClFO2/c1-14-9-6(11)2-3-7(12)8(9)10(13)4-5-10/h2-3,13H,4-5H2,1H3. The number of rotatable bonds is 2. The largest absolute Gasteiger partial charge is 0.495 e. The van der Waals surface area contributed by atoms with Crippen LogP contribution in [-0.4, -0.2) is 12.2 Å². The van der Waals surface area contributed by atoms with Gasteiger partial charge in [0.05, 0.1) is 23.3 Å². The summed E-state index contributed by atoms with van der Waals surface area (Å²) in [7, 11) is 1.41. The Morgan fingerprint density at radius 1 is 1.50 bits per heavy atom. The molecule has 0 atom stereocenters. The van der Waals surface area contributed by atoms with Crippen LogP contribution >= 0.6 is 11.6 Å². The smallest absolute Gasteiger partial charge is 0.146 e. The average Bonchev–Trinajstić information content (AvgIpc) is 2.88. The van der Waals surface area contributed by atoms with Crippen molar-refractivity contribution < 1.29 is 14.2 Å². The molecule has 2 nitrogen and oxygen atoms in total. The van der Waals surface area contributed by atoms with E-state index in [9.17, 15) is 9.50 Å². The van der Waals surface area contributed by atoms with Crippen molar-refractivity contribution in [2.45, 2.75) is 18.4 Å². The summed E-state index contributed by atoms with van der Waals surface area (Å²) in [5.41, 5.74) is -0.882. The molecule has 1 aromatic rings. The molecule has 14 heavy (non-hydrogen) atoms. The highest BCUT2D eigenvalue weighted by molar-refractivity contribution is 6.32. The van der Waals surface area contributed by atoms with Crippen molar-refractivity contribution in [3.63, 3.8) is 0 Å². The van der Waals surface area contributed by atoms with E-state index >= 15 is 0 Å². The Hall–Kier alpha value is -0.800. The lowest BCUT2D eigenvalue weighted by Crippen LogP contribution is -2.10. The molecule has 0 aromatic heterocycles. The van der Waals surface area contributed by atoms with Gasteiger partial charge in [-0.3, -0.25) is 0 Å². The molecule has 0 bridgehead atoms. The van der Waals surface area contributed by atoms with Gasteiger partial charge in [-0.05, 0) is 25.0 Å². The predicted octanol–water partition coefficient (Wildman–Crippen LogP) is 2.47. The van der Waals surface area contributed by atoms with Crippen LogP contribution in [0.25, 0.3) is 0 Å². The Balaban J connectivity index is 2.60. The third-order valence-corrected chi connectivity index (χ3v) is 2.75. The van der Waals surface area contributed by atoms with Gasteiger partial charge >= 0.3 is 0 Å². The van der Waals surface area contributed by atoms with E-state index in [1.807, 2.05) is 0 Å². The number of aliphatic hydroxyl groups is 1. The molecule has 1 saturated carbocycles. The zero-order chi connectivity index (χ0) is 10.3. The minimum atomic E-state index is -1.07. The van der Waals surface area contributed by atoms with Crippen LogP contribution in [0, 0.1) is 5.82 Å². The quantitative estimate of drug-likeness (QED) is 0.823. The summed E-state index contributed by atoms with van der Waals surface area (Å²) in [4.78, 5) is 0. The Bertz CT molecular complexity index is 375. The zero-order valence-electron chi connectivity index (χ0n) is 7.68. The monoisotopic (exact) mass is 216 g/mol. The maximum absolute atomic E-state index is 13.5. The normalized spacial score (nSPS) is 18.0. The van der Waals surface area contributed by atoms with E-state index in [0.29, 0.717) is 17.9 Å². The SMILES string of the molecule is COc1c(Cl)ccc(F)c1C1(O)CC1. The minimum Gasteiger partial charge on any atom is -0.495 e. The van der Waals surface area contributed by atoms with E-state index in [4.69, 9.17) is 16.3 Å². The molecule has 0 unspecified atom stereocenters. The molecule has 1 aliphatic rings. The molecule has 0 aliphatic heterocycles. The third kappa shape index (κ3) is 1.37. The van der Waals surface area contributed by atoms with Crippen LogP contribution in [0.15, 0.2) is 12.1 Å². The first-order chi connectivity index (χ1) is 6.58. The Labute approximate surface area is 86.3 Å². The predicted molar refractivity (Wildman–Crippen MR) is 51.1 cm³/mol. The highest BCUT2D eigenvalue weighted by atomic mass is 35.5. The molecule has 1 N–H and O–H groups in total. The van der Waals surface area contributed by atoms with E-state index in [1.165, 1.54) is 19.2 Å². The molecule has 1 aromatic carbocycles. The van der Waals surface area contributed by atoms with Gasteiger partial charge in [0.2, 0.25) is 0 Å². The van der Waals surface area contributed by atoms with Crippen LogP contribution in [-0.2, 0) is 5.60 Å². The first-order valence-corrected chi connectivity index (χ1v) is 4.71. The van der Waals surface area contributed by atoms with E-state index < -0.39 is 11.4 Å². The van der Waals surface area contributed by atoms with Gasteiger partial charge in [0.1, 0.15) is 11.6 Å². The lowest BCUT2D eigenvalue weighted by Gasteiger charge is -2.15. The third-order valence-electron chi connectivity index (χ3n) is 2.45. The number of benzene rings is 1. The van der Waals surface area contributed by atoms with Crippen molar-refractivity contribution >= 4 is 11.6 Å². The molecule has 0 heterocycles. The van der Waals surface area contributed by atoms with Crippen molar-refractivity contribution in [2.75, 3.05) is 7.11 Å². The van der Waals surface area contributed by atoms with Gasteiger partial charge in [-0.1, -0.05) is 11.6 Å². The maximum Gasteiger partial charge on any atom is 0.146 e. The van der Waals surface area contributed by atoms with Crippen molar-refractivity contribution in [2.24, 2.45) is 0 Å². The summed E-state index contributed by atoms with van der Waals surface area (Å²) in [6.45, 7) is 0. The lowest BCUT2D eigenvalue weighted by atomic mass is 10.1. The first-order valence-electron chi connectivity index (χ1n) is 4.33. The Morgan fingerprint density at radius 2 is 2.14 bits per heavy atom. The fraction of sp³-hybridized carbons (Fsp3) is 0.400. The second-order valence-corrected chi connectivity index (χ2v) is 3.88. The number of hydrogen-bond donors (Lipinski definition) is 1. The topological polar surface area (TPSA) is 29.5 Å². The highest BCUT2D eigenvalue weighted by Gasteiger charge is 2.46. The van der Waals surface area contributed by atoms with Crippen molar-refractivity contribution in [3.8, 4) is 5.75 Å². The van der Waals surface area contributed by atoms with E-state index in [1.54, 1.807) is 0 Å². The summed E-state index contributed by atoms with van der Waals surface area (Å²) in [6, 6.07) is 2.67. The summed E-state index contributed by atoms with van der Waals surface area (Å²) >= 11 is 5.83. The molecule has 76 valence electrons. The highest BCUT2D eigenvalue weighted by Crippen LogP contribution is 2.51. The first kappa shape index (κ1) is 9.74. The van der Waals surface area contributed by atoms with Crippen LogP contribution in [0.5, 0.6) is 5.75 Å². The van der Waals surface area contributed by atoms with Gasteiger partial charge < -0.3 is 9.84 Å². The lowest BCUT2D eigenvalue weighted by molar-refractivity contribution is 0.142. The van der Waals surface area contributed by atoms with Crippen LogP contribution in [0.1, 0.15) is 18.4 Å². The number of methoxy groups -OCH3 is 1.